The van der Waals surface area contributed by atoms with Crippen molar-refractivity contribution in [3.05, 3.63) is 0 Å². The third-order valence-corrected chi connectivity index (χ3v) is 4.80. The Bertz CT molecular complexity index is 380. The molecule has 0 spiro atoms. The zero-order chi connectivity index (χ0) is 15.3. The summed E-state index contributed by atoms with van der Waals surface area (Å²) in [5.41, 5.74) is -0.776. The zero-order valence-electron chi connectivity index (χ0n) is 12.8. The Labute approximate surface area is 125 Å². The summed E-state index contributed by atoms with van der Waals surface area (Å²) in [5, 5.41) is 12.4. The van der Waals surface area contributed by atoms with Crippen LogP contribution in [0.15, 0.2) is 0 Å². The number of carboxylic acid groups (broad SMARTS) is 1. The number of hydrogen-bond acceptors (Lipinski definition) is 3. The second-order valence-corrected chi connectivity index (χ2v) is 6.14. The molecule has 2 aliphatic rings. The number of ether oxygens (including phenoxy) is 1. The van der Waals surface area contributed by atoms with Crippen molar-refractivity contribution in [2.75, 3.05) is 26.3 Å². The van der Waals surface area contributed by atoms with Gasteiger partial charge in [0.05, 0.1) is 24.7 Å². The van der Waals surface area contributed by atoms with E-state index in [1.54, 1.807) is 4.90 Å². The van der Waals surface area contributed by atoms with Crippen LogP contribution in [-0.2, 0) is 9.53 Å². The Morgan fingerprint density at radius 2 is 2.05 bits per heavy atom. The Balaban J connectivity index is 1.93. The fourth-order valence-corrected chi connectivity index (χ4v) is 3.30. The molecule has 1 unspecified atom stereocenters. The molecule has 0 bridgehead atoms. The molecule has 0 aromatic rings. The van der Waals surface area contributed by atoms with Gasteiger partial charge in [0.2, 0.25) is 0 Å². The molecule has 2 fully saturated rings. The van der Waals surface area contributed by atoms with Gasteiger partial charge in [0.15, 0.2) is 0 Å². The minimum Gasteiger partial charge on any atom is -0.481 e. The number of morpholine rings is 1. The van der Waals surface area contributed by atoms with E-state index in [0.717, 1.165) is 25.7 Å². The molecule has 1 saturated heterocycles. The van der Waals surface area contributed by atoms with Crippen LogP contribution in [0.3, 0.4) is 0 Å². The normalized spacial score (nSPS) is 25.4. The largest absolute Gasteiger partial charge is 0.481 e. The summed E-state index contributed by atoms with van der Waals surface area (Å²) >= 11 is 0. The van der Waals surface area contributed by atoms with Crippen LogP contribution in [0.2, 0.25) is 0 Å². The SMILES string of the molecule is CCC1COCCN1C(=O)NCC1(C(=O)O)CCCCC1. The third kappa shape index (κ3) is 3.67. The molecule has 1 saturated carbocycles. The highest BCUT2D eigenvalue weighted by Gasteiger charge is 2.40. The molecule has 0 radical (unpaired) electrons. The van der Waals surface area contributed by atoms with Crippen LogP contribution in [0.25, 0.3) is 0 Å². The first-order chi connectivity index (χ1) is 10.1. The molecular formula is C15H26N2O4. The van der Waals surface area contributed by atoms with Crippen molar-refractivity contribution >= 4 is 12.0 Å². The summed E-state index contributed by atoms with van der Waals surface area (Å²) < 4.78 is 5.39. The van der Waals surface area contributed by atoms with Crippen LogP contribution in [0, 0.1) is 5.41 Å². The van der Waals surface area contributed by atoms with Gasteiger partial charge in [0, 0.05) is 13.1 Å². The van der Waals surface area contributed by atoms with Crippen molar-refractivity contribution in [3.63, 3.8) is 0 Å². The summed E-state index contributed by atoms with van der Waals surface area (Å²) in [6.07, 6.45) is 5.10. The standard InChI is InChI=1S/C15H26N2O4/c1-2-12-10-21-9-8-17(12)14(20)16-11-15(13(18)19)6-4-3-5-7-15/h12H,2-11H2,1H3,(H,16,20)(H,18,19). The topological polar surface area (TPSA) is 78.9 Å². The van der Waals surface area contributed by atoms with Crippen molar-refractivity contribution in [1.29, 1.82) is 0 Å². The van der Waals surface area contributed by atoms with E-state index in [1.807, 2.05) is 6.92 Å². The first-order valence-electron chi connectivity index (χ1n) is 7.95. The van der Waals surface area contributed by atoms with Gasteiger partial charge in [-0.1, -0.05) is 26.2 Å². The van der Waals surface area contributed by atoms with Crippen molar-refractivity contribution in [2.24, 2.45) is 5.41 Å². The predicted molar refractivity (Wildman–Crippen MR) is 78.2 cm³/mol. The minimum absolute atomic E-state index is 0.0888. The first-order valence-corrected chi connectivity index (χ1v) is 7.95. The molecule has 21 heavy (non-hydrogen) atoms. The van der Waals surface area contributed by atoms with Crippen LogP contribution in [0.5, 0.6) is 0 Å². The highest BCUT2D eigenvalue weighted by molar-refractivity contribution is 5.78. The zero-order valence-corrected chi connectivity index (χ0v) is 12.8. The van der Waals surface area contributed by atoms with E-state index < -0.39 is 11.4 Å². The molecule has 2 rings (SSSR count). The van der Waals surface area contributed by atoms with Crippen LogP contribution >= 0.6 is 0 Å². The lowest BCUT2D eigenvalue weighted by molar-refractivity contribution is -0.150. The molecule has 2 N–H and O–H groups in total. The average Bonchev–Trinajstić information content (AvgIpc) is 2.53. The number of carbonyl (C=O) groups is 2. The number of carbonyl (C=O) groups excluding carboxylic acids is 1. The molecule has 1 atom stereocenters. The van der Waals surface area contributed by atoms with E-state index in [9.17, 15) is 14.7 Å². The number of aliphatic carboxylic acids is 1. The van der Waals surface area contributed by atoms with Gasteiger partial charge in [-0.25, -0.2) is 4.79 Å². The van der Waals surface area contributed by atoms with Crippen LogP contribution in [-0.4, -0.2) is 54.4 Å². The smallest absolute Gasteiger partial charge is 0.317 e. The number of amides is 2. The van der Waals surface area contributed by atoms with E-state index in [2.05, 4.69) is 5.32 Å². The lowest BCUT2D eigenvalue weighted by atomic mass is 9.74. The van der Waals surface area contributed by atoms with E-state index in [4.69, 9.17) is 4.74 Å². The molecule has 1 aliphatic carbocycles. The van der Waals surface area contributed by atoms with E-state index in [1.165, 1.54) is 0 Å². The molecule has 120 valence electrons. The van der Waals surface area contributed by atoms with Gasteiger partial charge in [0.25, 0.3) is 0 Å². The number of carboxylic acids is 1. The van der Waals surface area contributed by atoms with Crippen LogP contribution < -0.4 is 5.32 Å². The summed E-state index contributed by atoms with van der Waals surface area (Å²) in [5.74, 6) is -0.781. The average molecular weight is 298 g/mol. The number of nitrogens with zero attached hydrogens (tertiary/aromatic N) is 1. The lowest BCUT2D eigenvalue weighted by Crippen LogP contribution is -2.54. The minimum atomic E-state index is -0.781. The van der Waals surface area contributed by atoms with Gasteiger partial charge >= 0.3 is 12.0 Å². The van der Waals surface area contributed by atoms with Crippen molar-refractivity contribution in [2.45, 2.75) is 51.5 Å². The Hall–Kier alpha value is -1.30. The molecule has 6 nitrogen and oxygen atoms in total. The summed E-state index contributed by atoms with van der Waals surface area (Å²) in [4.78, 5) is 25.7. The highest BCUT2D eigenvalue weighted by atomic mass is 16.5. The second kappa shape index (κ2) is 7.11. The molecule has 1 aliphatic heterocycles. The van der Waals surface area contributed by atoms with Gasteiger partial charge in [-0.05, 0) is 19.3 Å². The number of urea groups is 1. The van der Waals surface area contributed by atoms with Crippen LogP contribution in [0.4, 0.5) is 4.79 Å². The van der Waals surface area contributed by atoms with Crippen molar-refractivity contribution in [1.82, 2.24) is 10.2 Å². The van der Waals surface area contributed by atoms with Crippen molar-refractivity contribution in [3.8, 4) is 0 Å². The fourth-order valence-electron chi connectivity index (χ4n) is 3.30. The maximum Gasteiger partial charge on any atom is 0.317 e. The summed E-state index contributed by atoms with van der Waals surface area (Å²) in [6.45, 7) is 3.95. The van der Waals surface area contributed by atoms with E-state index >= 15 is 0 Å². The van der Waals surface area contributed by atoms with Crippen LogP contribution in [0.1, 0.15) is 45.4 Å². The second-order valence-electron chi connectivity index (χ2n) is 6.14. The number of rotatable bonds is 4. The van der Waals surface area contributed by atoms with Gasteiger partial charge < -0.3 is 20.1 Å². The maximum absolute atomic E-state index is 12.3. The Morgan fingerprint density at radius 1 is 1.33 bits per heavy atom. The quantitative estimate of drug-likeness (QED) is 0.830. The Kier molecular flexibility index (Phi) is 5.45. The third-order valence-electron chi connectivity index (χ3n) is 4.80. The lowest BCUT2D eigenvalue weighted by Gasteiger charge is -2.37. The monoisotopic (exact) mass is 298 g/mol. The van der Waals surface area contributed by atoms with Gasteiger partial charge in [-0.3, -0.25) is 4.79 Å². The first kappa shape index (κ1) is 16.1. The van der Waals surface area contributed by atoms with Gasteiger partial charge in [-0.15, -0.1) is 0 Å². The van der Waals surface area contributed by atoms with Crippen molar-refractivity contribution < 1.29 is 19.4 Å². The van der Waals surface area contributed by atoms with E-state index in [0.29, 0.717) is 32.6 Å². The molecule has 2 amide bonds. The summed E-state index contributed by atoms with van der Waals surface area (Å²) in [6, 6.07) is -0.0674. The van der Waals surface area contributed by atoms with Gasteiger partial charge in [-0.2, -0.15) is 0 Å². The fraction of sp³-hybridized carbons (Fsp3) is 0.867. The summed E-state index contributed by atoms with van der Waals surface area (Å²) in [7, 11) is 0. The van der Waals surface area contributed by atoms with Gasteiger partial charge in [0.1, 0.15) is 0 Å². The molecule has 1 heterocycles. The highest BCUT2D eigenvalue weighted by Crippen LogP contribution is 2.36. The predicted octanol–water partition coefficient (Wildman–Crippen LogP) is 1.84. The van der Waals surface area contributed by atoms with E-state index in [-0.39, 0.29) is 18.6 Å². The number of nitrogens with one attached hydrogen (secondary N) is 1. The maximum atomic E-state index is 12.3. The molecule has 0 aromatic carbocycles. The number of hydrogen-bond donors (Lipinski definition) is 2. The Morgan fingerprint density at radius 3 is 2.67 bits per heavy atom. The molecular weight excluding hydrogens is 272 g/mol. The molecule has 0 aromatic heterocycles. The molecule has 6 heteroatoms.